The fourth-order valence-electron chi connectivity index (χ4n) is 1.31. The second kappa shape index (κ2) is 4.24. The second-order valence-electron chi connectivity index (χ2n) is 2.89. The van der Waals surface area contributed by atoms with Gasteiger partial charge in [0.15, 0.2) is 11.4 Å². The van der Waals surface area contributed by atoms with Crippen molar-refractivity contribution in [3.63, 3.8) is 0 Å². The van der Waals surface area contributed by atoms with E-state index >= 15 is 0 Å². The average Bonchev–Trinajstić information content (AvgIpc) is 2.70. The summed E-state index contributed by atoms with van der Waals surface area (Å²) in [4.78, 5) is 15.7. The lowest BCUT2D eigenvalue weighted by atomic mass is 10.1. The summed E-state index contributed by atoms with van der Waals surface area (Å²) in [6.45, 7) is 0. The van der Waals surface area contributed by atoms with Crippen LogP contribution in [0.3, 0.4) is 0 Å². The predicted molar refractivity (Wildman–Crippen MR) is 60.8 cm³/mol. The summed E-state index contributed by atoms with van der Waals surface area (Å²) < 4.78 is 5.41. The van der Waals surface area contributed by atoms with Gasteiger partial charge in [-0.1, -0.05) is 17.8 Å². The van der Waals surface area contributed by atoms with Crippen LogP contribution < -0.4 is 0 Å². The molecular formula is C10H8ClNO2S. The van der Waals surface area contributed by atoms with Gasteiger partial charge in [0.25, 0.3) is 5.22 Å². The quantitative estimate of drug-likeness (QED) is 0.471. The molecular weight excluding hydrogens is 234 g/mol. The second-order valence-corrected chi connectivity index (χ2v) is 3.92. The summed E-state index contributed by atoms with van der Waals surface area (Å²) in [5.74, 6) is -0.177. The zero-order valence-electron chi connectivity index (χ0n) is 7.99. The maximum Gasteiger partial charge on any atom is 0.256 e. The molecule has 3 nitrogen and oxygen atoms in total. The Labute approximate surface area is 95.8 Å². The van der Waals surface area contributed by atoms with E-state index in [4.69, 9.17) is 16.0 Å². The smallest absolute Gasteiger partial charge is 0.256 e. The van der Waals surface area contributed by atoms with Crippen LogP contribution in [0.1, 0.15) is 10.4 Å². The molecule has 15 heavy (non-hydrogen) atoms. The van der Waals surface area contributed by atoms with Gasteiger partial charge in [0, 0.05) is 5.56 Å². The highest BCUT2D eigenvalue weighted by atomic mass is 35.5. The Balaban J connectivity index is 2.64. The Morgan fingerprint density at radius 1 is 1.60 bits per heavy atom. The molecule has 0 aliphatic rings. The number of Topliss-reactive ketones (excluding diaryl/α,β-unsaturated/α-hetero) is 1. The van der Waals surface area contributed by atoms with Crippen LogP contribution in [0.15, 0.2) is 27.8 Å². The van der Waals surface area contributed by atoms with Crippen molar-refractivity contribution in [1.82, 2.24) is 4.98 Å². The number of ketones is 1. The highest BCUT2D eigenvalue weighted by molar-refractivity contribution is 7.98. The predicted octanol–water partition coefficient (Wildman–Crippen LogP) is 2.97. The maximum absolute atomic E-state index is 11.5. The summed E-state index contributed by atoms with van der Waals surface area (Å²) in [5.41, 5.74) is 1.73. The third kappa shape index (κ3) is 1.87. The lowest BCUT2D eigenvalue weighted by Crippen LogP contribution is -2.00. The molecule has 0 bridgehead atoms. The van der Waals surface area contributed by atoms with E-state index in [1.807, 2.05) is 6.26 Å². The first-order chi connectivity index (χ1) is 7.26. The summed E-state index contributed by atoms with van der Waals surface area (Å²) in [7, 11) is 0. The summed E-state index contributed by atoms with van der Waals surface area (Å²) >= 11 is 6.91. The van der Waals surface area contributed by atoms with E-state index in [1.165, 1.54) is 11.8 Å². The summed E-state index contributed by atoms with van der Waals surface area (Å²) in [5, 5.41) is 0.555. The van der Waals surface area contributed by atoms with Crippen LogP contribution >= 0.6 is 23.4 Å². The Bertz CT molecular complexity index is 509. The average molecular weight is 242 g/mol. The molecule has 78 valence electrons. The molecule has 1 aromatic heterocycles. The zero-order chi connectivity index (χ0) is 10.8. The normalized spacial score (nSPS) is 10.8. The lowest BCUT2D eigenvalue weighted by Gasteiger charge is -1.95. The number of rotatable bonds is 3. The summed E-state index contributed by atoms with van der Waals surface area (Å²) in [6.07, 6.45) is 1.87. The van der Waals surface area contributed by atoms with Gasteiger partial charge >= 0.3 is 0 Å². The van der Waals surface area contributed by atoms with Crippen molar-refractivity contribution in [3.05, 3.63) is 23.8 Å². The van der Waals surface area contributed by atoms with Crippen molar-refractivity contribution in [2.45, 2.75) is 5.22 Å². The van der Waals surface area contributed by atoms with Crippen molar-refractivity contribution in [3.8, 4) is 0 Å². The third-order valence-electron chi connectivity index (χ3n) is 2.00. The van der Waals surface area contributed by atoms with Crippen LogP contribution in [0.2, 0.25) is 0 Å². The first-order valence-corrected chi connectivity index (χ1v) is 6.05. The fraction of sp³-hybridized carbons (Fsp3) is 0.200. The Kier molecular flexibility index (Phi) is 2.98. The van der Waals surface area contributed by atoms with Crippen molar-refractivity contribution in [1.29, 1.82) is 0 Å². The molecule has 0 N–H and O–H groups in total. The minimum atomic E-state index is -0.136. The molecule has 0 aliphatic heterocycles. The van der Waals surface area contributed by atoms with E-state index in [1.54, 1.807) is 18.2 Å². The van der Waals surface area contributed by atoms with Gasteiger partial charge in [-0.25, -0.2) is 4.98 Å². The third-order valence-corrected chi connectivity index (χ3v) is 2.76. The number of carbonyl (C=O) groups is 1. The van der Waals surface area contributed by atoms with Gasteiger partial charge < -0.3 is 4.42 Å². The SMILES string of the molecule is CSc1nc2c(C(=O)CCl)cccc2o1. The molecule has 0 saturated heterocycles. The van der Waals surface area contributed by atoms with Crippen LogP contribution in [0.5, 0.6) is 0 Å². The van der Waals surface area contributed by atoms with Crippen LogP contribution in [-0.4, -0.2) is 22.9 Å². The van der Waals surface area contributed by atoms with Gasteiger partial charge in [0.2, 0.25) is 0 Å². The van der Waals surface area contributed by atoms with E-state index in [9.17, 15) is 4.79 Å². The van der Waals surface area contributed by atoms with Gasteiger partial charge in [0.05, 0.1) is 5.88 Å². The highest BCUT2D eigenvalue weighted by Crippen LogP contribution is 2.24. The first-order valence-electron chi connectivity index (χ1n) is 4.29. The molecule has 0 fully saturated rings. The molecule has 0 aliphatic carbocycles. The number of alkyl halides is 1. The first kappa shape index (κ1) is 10.5. The van der Waals surface area contributed by atoms with E-state index in [0.29, 0.717) is 21.9 Å². The molecule has 0 saturated carbocycles. The minimum Gasteiger partial charge on any atom is -0.431 e. The molecule has 2 aromatic rings. The molecule has 0 amide bonds. The monoisotopic (exact) mass is 241 g/mol. The van der Waals surface area contributed by atoms with E-state index in [0.717, 1.165) is 0 Å². The number of carbonyl (C=O) groups excluding carboxylic acids is 1. The minimum absolute atomic E-state index is 0.0411. The van der Waals surface area contributed by atoms with Crippen molar-refractivity contribution >= 4 is 40.2 Å². The number of thioether (sulfide) groups is 1. The molecule has 1 heterocycles. The Morgan fingerprint density at radius 3 is 3.07 bits per heavy atom. The molecule has 0 unspecified atom stereocenters. The number of hydrogen-bond acceptors (Lipinski definition) is 4. The number of benzene rings is 1. The molecule has 0 radical (unpaired) electrons. The summed E-state index contributed by atoms with van der Waals surface area (Å²) in [6, 6.07) is 5.25. The zero-order valence-corrected chi connectivity index (χ0v) is 9.56. The van der Waals surface area contributed by atoms with E-state index in [-0.39, 0.29) is 11.7 Å². The molecule has 5 heteroatoms. The van der Waals surface area contributed by atoms with Gasteiger partial charge in [-0.3, -0.25) is 4.79 Å². The van der Waals surface area contributed by atoms with Crippen LogP contribution in [0.4, 0.5) is 0 Å². The number of nitrogens with zero attached hydrogens (tertiary/aromatic N) is 1. The van der Waals surface area contributed by atoms with Gasteiger partial charge in [-0.2, -0.15) is 0 Å². The van der Waals surface area contributed by atoms with E-state index < -0.39 is 0 Å². The number of aromatic nitrogens is 1. The van der Waals surface area contributed by atoms with Gasteiger partial charge in [-0.05, 0) is 18.4 Å². The van der Waals surface area contributed by atoms with Crippen molar-refractivity contribution in [2.75, 3.05) is 12.1 Å². The van der Waals surface area contributed by atoms with Gasteiger partial charge in [0.1, 0.15) is 5.52 Å². The van der Waals surface area contributed by atoms with Crippen LogP contribution in [-0.2, 0) is 0 Å². The van der Waals surface area contributed by atoms with Crippen molar-refractivity contribution in [2.24, 2.45) is 0 Å². The van der Waals surface area contributed by atoms with Crippen LogP contribution in [0.25, 0.3) is 11.1 Å². The van der Waals surface area contributed by atoms with E-state index in [2.05, 4.69) is 4.98 Å². The van der Waals surface area contributed by atoms with Crippen molar-refractivity contribution < 1.29 is 9.21 Å². The number of fused-ring (bicyclic) bond motifs is 1. The molecule has 0 spiro atoms. The van der Waals surface area contributed by atoms with Crippen LogP contribution in [0, 0.1) is 0 Å². The number of hydrogen-bond donors (Lipinski definition) is 0. The standard InChI is InChI=1S/C10H8ClNO2S/c1-15-10-12-9-6(7(13)5-11)3-2-4-8(9)14-10/h2-4H,5H2,1H3. The largest absolute Gasteiger partial charge is 0.431 e. The molecule has 0 atom stereocenters. The Morgan fingerprint density at radius 2 is 2.40 bits per heavy atom. The van der Waals surface area contributed by atoms with Gasteiger partial charge in [-0.15, -0.1) is 11.6 Å². The number of oxazole rings is 1. The number of halogens is 1. The number of para-hydroxylation sites is 1. The molecule has 2 rings (SSSR count). The lowest BCUT2D eigenvalue weighted by molar-refractivity contribution is 0.102. The highest BCUT2D eigenvalue weighted by Gasteiger charge is 2.13. The fourth-order valence-corrected chi connectivity index (χ4v) is 1.81. The Hall–Kier alpha value is -1.00. The maximum atomic E-state index is 11.5. The topological polar surface area (TPSA) is 43.1 Å². The molecule has 1 aromatic carbocycles.